The molecular weight excluding hydrogens is 239 g/mol. The van der Waals surface area contributed by atoms with Crippen LogP contribution in [-0.2, 0) is 9.30 Å². The molecule has 0 aliphatic rings. The van der Waals surface area contributed by atoms with Crippen molar-refractivity contribution in [1.82, 2.24) is 0 Å². The van der Waals surface area contributed by atoms with Crippen molar-refractivity contribution >= 4 is 7.60 Å². The molecule has 0 aromatic heterocycles. The first kappa shape index (κ1) is 14.2. The summed E-state index contributed by atoms with van der Waals surface area (Å²) < 4.78 is 22.1. The largest absolute Gasteiger partial charge is 0.423 e. The molecule has 1 atom stereocenters. The van der Waals surface area contributed by atoms with Gasteiger partial charge in [-0.3, -0.25) is 0 Å². The first-order chi connectivity index (χ1) is 8.07. The van der Waals surface area contributed by atoms with Crippen molar-refractivity contribution in [3.63, 3.8) is 0 Å². The molecule has 96 valence electrons. The Morgan fingerprint density at radius 1 is 1.24 bits per heavy atom. The van der Waals surface area contributed by atoms with E-state index >= 15 is 0 Å². The van der Waals surface area contributed by atoms with Gasteiger partial charge in [-0.15, -0.1) is 0 Å². The summed E-state index contributed by atoms with van der Waals surface area (Å²) in [4.78, 5) is 9.62. The molecule has 5 heteroatoms. The number of hydrogen-bond acceptors (Lipinski definition) is 3. The fourth-order valence-corrected chi connectivity index (χ4v) is 2.30. The molecule has 0 aliphatic carbocycles. The average Bonchev–Trinajstić information content (AvgIpc) is 2.31. The zero-order chi connectivity index (χ0) is 12.7. The van der Waals surface area contributed by atoms with Gasteiger partial charge in [0.15, 0.2) is 6.35 Å². The molecule has 0 radical (unpaired) electrons. The van der Waals surface area contributed by atoms with Crippen LogP contribution in [0.2, 0.25) is 0 Å². The predicted octanol–water partition coefficient (Wildman–Crippen LogP) is 3.41. The molecule has 1 rings (SSSR count). The summed E-state index contributed by atoms with van der Waals surface area (Å²) in [5.41, 5.74) is 0. The third-order valence-electron chi connectivity index (χ3n) is 2.38. The van der Waals surface area contributed by atoms with Crippen LogP contribution in [-0.4, -0.2) is 17.3 Å². The van der Waals surface area contributed by atoms with Crippen molar-refractivity contribution in [3.05, 3.63) is 30.3 Å². The van der Waals surface area contributed by atoms with Gasteiger partial charge >= 0.3 is 7.60 Å². The lowest BCUT2D eigenvalue weighted by Gasteiger charge is -2.17. The van der Waals surface area contributed by atoms with Gasteiger partial charge in [-0.25, -0.2) is 4.57 Å². The number of para-hydroxylation sites is 1. The van der Waals surface area contributed by atoms with Gasteiger partial charge in [0.2, 0.25) is 0 Å². The highest BCUT2D eigenvalue weighted by molar-refractivity contribution is 7.53. The molecule has 17 heavy (non-hydrogen) atoms. The first-order valence-corrected chi connectivity index (χ1v) is 7.51. The van der Waals surface area contributed by atoms with Gasteiger partial charge in [-0.05, 0) is 25.0 Å². The van der Waals surface area contributed by atoms with E-state index in [4.69, 9.17) is 9.26 Å². The van der Waals surface area contributed by atoms with Gasteiger partial charge in [-0.1, -0.05) is 32.0 Å². The van der Waals surface area contributed by atoms with Gasteiger partial charge in [-0.2, -0.15) is 0 Å². The monoisotopic (exact) mass is 258 g/mol. The van der Waals surface area contributed by atoms with Crippen LogP contribution in [0.15, 0.2) is 30.3 Å². The first-order valence-electron chi connectivity index (χ1n) is 5.75. The van der Waals surface area contributed by atoms with Crippen LogP contribution in [0.3, 0.4) is 0 Å². The summed E-state index contributed by atoms with van der Waals surface area (Å²) in [5, 5.41) is 0. The highest BCUT2D eigenvalue weighted by Gasteiger charge is 2.22. The van der Waals surface area contributed by atoms with E-state index in [2.05, 4.69) is 0 Å². The third-order valence-corrected chi connectivity index (χ3v) is 3.35. The maximum atomic E-state index is 11.7. The van der Waals surface area contributed by atoms with Crippen LogP contribution in [0.1, 0.15) is 26.7 Å². The zero-order valence-electron chi connectivity index (χ0n) is 10.2. The van der Waals surface area contributed by atoms with E-state index in [0.29, 0.717) is 5.75 Å². The minimum absolute atomic E-state index is 0.00912. The lowest BCUT2D eigenvalue weighted by Crippen LogP contribution is -2.12. The number of rotatable bonds is 7. The van der Waals surface area contributed by atoms with Crippen molar-refractivity contribution in [2.75, 3.05) is 6.35 Å². The van der Waals surface area contributed by atoms with Gasteiger partial charge in [0.05, 0.1) is 6.10 Å². The Morgan fingerprint density at radius 3 is 2.35 bits per heavy atom. The summed E-state index contributed by atoms with van der Waals surface area (Å²) in [6.07, 6.45) is 1.38. The van der Waals surface area contributed by atoms with Crippen LogP contribution in [0, 0.1) is 0 Å². The normalized spacial score (nSPS) is 14.6. The highest BCUT2D eigenvalue weighted by Crippen LogP contribution is 2.42. The fraction of sp³-hybridized carbons (Fsp3) is 0.500. The lowest BCUT2D eigenvalue weighted by molar-refractivity contribution is 0.0704. The minimum Gasteiger partial charge on any atom is -0.423 e. The van der Waals surface area contributed by atoms with E-state index in [0.717, 1.165) is 12.8 Å². The number of hydrogen-bond donors (Lipinski definition) is 1. The second-order valence-electron chi connectivity index (χ2n) is 3.78. The summed E-state index contributed by atoms with van der Waals surface area (Å²) in [6, 6.07) is 8.59. The predicted molar refractivity (Wildman–Crippen MR) is 67.2 cm³/mol. The molecule has 0 heterocycles. The van der Waals surface area contributed by atoms with E-state index in [1.807, 2.05) is 19.9 Å². The summed E-state index contributed by atoms with van der Waals surface area (Å²) in [6.45, 7) is 3.96. The summed E-state index contributed by atoms with van der Waals surface area (Å²) in [5.74, 6) is 0.381. The van der Waals surface area contributed by atoms with Crippen LogP contribution < -0.4 is 4.52 Å². The number of ether oxygens (including phenoxy) is 1. The van der Waals surface area contributed by atoms with Gasteiger partial charge < -0.3 is 14.2 Å². The fourth-order valence-electron chi connectivity index (χ4n) is 1.40. The third kappa shape index (κ3) is 5.35. The number of benzene rings is 1. The Morgan fingerprint density at radius 2 is 1.82 bits per heavy atom. The standard InChI is InChI=1S/C12H19O4P/c1-3-11(4-2)15-10-17(13,14)16-12-8-6-5-7-9-12/h5-9,11H,3-4,10H2,1-2H3,(H,13,14). The molecular formula is C12H19O4P. The molecule has 0 saturated heterocycles. The van der Waals surface area contributed by atoms with Gasteiger partial charge in [0.25, 0.3) is 0 Å². The maximum Gasteiger partial charge on any atom is 0.402 e. The van der Waals surface area contributed by atoms with Crippen molar-refractivity contribution in [1.29, 1.82) is 0 Å². The minimum atomic E-state index is -3.72. The molecule has 0 fully saturated rings. The lowest BCUT2D eigenvalue weighted by atomic mass is 10.2. The zero-order valence-corrected chi connectivity index (χ0v) is 11.1. The van der Waals surface area contributed by atoms with E-state index in [-0.39, 0.29) is 12.5 Å². The van der Waals surface area contributed by atoms with Crippen molar-refractivity contribution in [3.8, 4) is 5.75 Å². The van der Waals surface area contributed by atoms with Crippen LogP contribution in [0.5, 0.6) is 5.75 Å². The van der Waals surface area contributed by atoms with Crippen molar-refractivity contribution < 1.29 is 18.7 Å². The van der Waals surface area contributed by atoms with E-state index in [1.165, 1.54) is 0 Å². The second kappa shape index (κ2) is 6.80. The Bertz CT molecular complexity index is 362. The van der Waals surface area contributed by atoms with Crippen LogP contribution in [0.25, 0.3) is 0 Å². The Hall–Kier alpha value is -0.830. The molecule has 0 saturated carbocycles. The smallest absolute Gasteiger partial charge is 0.402 e. The second-order valence-corrected chi connectivity index (χ2v) is 5.49. The molecule has 0 spiro atoms. The molecule has 0 amide bonds. The molecule has 1 aromatic carbocycles. The molecule has 1 N–H and O–H groups in total. The van der Waals surface area contributed by atoms with Gasteiger partial charge in [0.1, 0.15) is 5.75 Å². The Kier molecular flexibility index (Phi) is 5.69. The summed E-state index contributed by atoms with van der Waals surface area (Å²) >= 11 is 0. The van der Waals surface area contributed by atoms with E-state index in [9.17, 15) is 9.46 Å². The molecule has 0 bridgehead atoms. The van der Waals surface area contributed by atoms with E-state index < -0.39 is 7.60 Å². The van der Waals surface area contributed by atoms with Crippen LogP contribution >= 0.6 is 7.60 Å². The Labute approximate surface area is 102 Å². The average molecular weight is 258 g/mol. The highest BCUT2D eigenvalue weighted by atomic mass is 31.2. The van der Waals surface area contributed by atoms with Crippen molar-refractivity contribution in [2.24, 2.45) is 0 Å². The van der Waals surface area contributed by atoms with Gasteiger partial charge in [0, 0.05) is 0 Å². The Balaban J connectivity index is 2.49. The molecule has 0 aliphatic heterocycles. The molecule has 1 unspecified atom stereocenters. The molecule has 1 aromatic rings. The maximum absolute atomic E-state index is 11.7. The SMILES string of the molecule is CCC(CC)OCP(=O)(O)Oc1ccccc1. The topological polar surface area (TPSA) is 55.8 Å². The van der Waals surface area contributed by atoms with Crippen LogP contribution in [0.4, 0.5) is 0 Å². The summed E-state index contributed by atoms with van der Waals surface area (Å²) in [7, 11) is -3.72. The molecule has 4 nitrogen and oxygen atoms in total. The van der Waals surface area contributed by atoms with E-state index in [1.54, 1.807) is 24.3 Å². The quantitative estimate of drug-likeness (QED) is 0.761. The van der Waals surface area contributed by atoms with Crippen molar-refractivity contribution in [2.45, 2.75) is 32.8 Å².